The highest BCUT2D eigenvalue weighted by Crippen LogP contribution is 2.49. The Hall–Kier alpha value is -2.17. The molecule has 0 atom stereocenters. The van der Waals surface area contributed by atoms with Gasteiger partial charge < -0.3 is 0 Å². The number of carbonyl (C=O) groups is 1. The van der Waals surface area contributed by atoms with Crippen molar-refractivity contribution in [3.05, 3.63) is 69.8 Å². The second-order valence-corrected chi connectivity index (χ2v) is 22.7. The molecule has 4 aliphatic rings. The van der Waals surface area contributed by atoms with E-state index < -0.39 is 17.6 Å². The van der Waals surface area contributed by atoms with Gasteiger partial charge in [0.05, 0.1) is 0 Å². The topological polar surface area (TPSA) is 17.1 Å². The van der Waals surface area contributed by atoms with Gasteiger partial charge in [-0.15, -0.1) is 0 Å². The van der Waals surface area contributed by atoms with Crippen molar-refractivity contribution in [1.29, 1.82) is 0 Å². The highest BCUT2D eigenvalue weighted by Gasteiger charge is 2.41. The first-order valence-electron chi connectivity index (χ1n) is 28.6. The molecule has 0 amide bonds. The van der Waals surface area contributed by atoms with E-state index in [-0.39, 0.29) is 59.8 Å². The van der Waals surface area contributed by atoms with E-state index >= 15 is 17.6 Å². The quantitative estimate of drug-likeness (QED) is 0.0522. The van der Waals surface area contributed by atoms with Gasteiger partial charge >= 0.3 is 0 Å². The van der Waals surface area contributed by atoms with Crippen LogP contribution in [0.5, 0.6) is 0 Å². The van der Waals surface area contributed by atoms with Gasteiger partial charge in [0.15, 0.2) is 5.78 Å². The molecule has 6 rings (SSSR count). The van der Waals surface area contributed by atoms with Gasteiger partial charge in [0, 0.05) is 35.1 Å². The molecule has 0 aliphatic heterocycles. The Balaban J connectivity index is 1.08. The smallest absolute Gasteiger partial charge is 0.273 e. The summed E-state index contributed by atoms with van der Waals surface area (Å²) in [6, 6.07) is 10.1. The van der Waals surface area contributed by atoms with E-state index in [2.05, 4.69) is 13.8 Å². The maximum atomic E-state index is 16.3. The van der Waals surface area contributed by atoms with Crippen molar-refractivity contribution in [2.24, 2.45) is 35.5 Å². The monoisotopic (exact) mass is 919 g/mol. The summed E-state index contributed by atoms with van der Waals surface area (Å²) < 4.78 is 65.1. The Bertz CT molecular complexity index is 1580. The van der Waals surface area contributed by atoms with Gasteiger partial charge in [0.1, 0.15) is 0 Å². The van der Waals surface area contributed by atoms with Gasteiger partial charge in [-0.2, -0.15) is 0 Å². The summed E-state index contributed by atoms with van der Waals surface area (Å²) >= 11 is 0. The molecule has 0 unspecified atom stereocenters. The highest BCUT2D eigenvalue weighted by atomic mass is 19.3. The lowest BCUT2D eigenvalue weighted by molar-refractivity contribution is -0.0152. The molecule has 4 fully saturated rings. The number of carbonyl (C=O) groups excluding carboxylic acids is 1. The summed E-state index contributed by atoms with van der Waals surface area (Å²) in [7, 11) is 0. The lowest BCUT2D eigenvalue weighted by Crippen LogP contribution is -2.26. The molecule has 0 aromatic heterocycles. The lowest BCUT2D eigenvalue weighted by atomic mass is 9.67. The molecular weight excluding hydrogens is 825 g/mol. The molecule has 0 N–H and O–H groups in total. The first-order chi connectivity index (χ1) is 32.0. The van der Waals surface area contributed by atoms with Crippen LogP contribution in [0.2, 0.25) is 0 Å². The van der Waals surface area contributed by atoms with Crippen LogP contribution in [0, 0.1) is 35.5 Å². The predicted molar refractivity (Wildman–Crippen MR) is 270 cm³/mol. The molecule has 66 heavy (non-hydrogen) atoms. The zero-order chi connectivity index (χ0) is 46.9. The summed E-state index contributed by atoms with van der Waals surface area (Å²) in [6.07, 6.45) is 38.2. The molecule has 4 aliphatic carbocycles. The van der Waals surface area contributed by atoms with Gasteiger partial charge in [0.2, 0.25) is 0 Å². The minimum absolute atomic E-state index is 0.118. The maximum absolute atomic E-state index is 16.3. The van der Waals surface area contributed by atoms with E-state index in [1.165, 1.54) is 141 Å². The lowest BCUT2D eigenvalue weighted by Gasteiger charge is -2.38. The summed E-state index contributed by atoms with van der Waals surface area (Å²) in [5.74, 6) is -2.04. The fraction of sp³-hybridized carbons (Fsp3) is 0.787. The summed E-state index contributed by atoms with van der Waals surface area (Å²) in [5, 5.41) is 0. The Morgan fingerprint density at radius 2 is 0.742 bits per heavy atom. The SMILES string of the molecule is CCCCCCCCC1CCC(C2CCC(c3ccc(C(=O)c4ccc(C5CCC(C6CCC(CCCCCCCC)CC6)CC5)cc4C(F)(F)CCC)c(C(F)(F)CCC)c3)CC2)CC1. The standard InChI is InChI=1S/C61H94F4O/c1-5-9-11-13-15-17-19-45-21-25-47(26-22-45)49-29-33-51(34-30-49)53-37-39-55(57(43-53)60(62,63)41-7-3)59(66)56-40-38-54(44-58(56)61(64,65)42-8-4)52-35-31-50(32-36-52)48-27-23-46(24-28-48)20-18-16-14-12-10-6-2/h37-40,43-52H,5-36,41-42H2,1-4H3. The fourth-order valence-electron chi connectivity index (χ4n) is 13.8. The Morgan fingerprint density at radius 3 is 1.08 bits per heavy atom. The second kappa shape index (κ2) is 26.7. The number of ketones is 1. The van der Waals surface area contributed by atoms with Gasteiger partial charge in [-0.3, -0.25) is 4.79 Å². The normalized spacial score (nSPS) is 26.7. The molecule has 2 aromatic rings. The molecule has 2 aromatic carbocycles. The summed E-state index contributed by atoms with van der Waals surface area (Å²) in [4.78, 5) is 14.6. The van der Waals surface area contributed by atoms with E-state index in [9.17, 15) is 4.79 Å². The molecule has 0 heterocycles. The first-order valence-corrected chi connectivity index (χ1v) is 28.6. The van der Waals surface area contributed by atoms with Crippen LogP contribution in [0.15, 0.2) is 36.4 Å². The van der Waals surface area contributed by atoms with Crippen molar-refractivity contribution in [3.63, 3.8) is 0 Å². The number of alkyl halides is 4. The van der Waals surface area contributed by atoms with Crippen molar-refractivity contribution in [1.82, 2.24) is 0 Å². The van der Waals surface area contributed by atoms with Crippen LogP contribution in [-0.4, -0.2) is 5.78 Å². The van der Waals surface area contributed by atoms with Crippen molar-refractivity contribution in [2.45, 2.75) is 270 Å². The average molecular weight is 919 g/mol. The van der Waals surface area contributed by atoms with E-state index in [1.807, 2.05) is 12.1 Å². The number of unbranched alkanes of at least 4 members (excludes halogenated alkanes) is 10. The highest BCUT2D eigenvalue weighted by molar-refractivity contribution is 6.11. The number of benzene rings is 2. The van der Waals surface area contributed by atoms with Gasteiger partial charge in [-0.05, 0) is 148 Å². The Labute approximate surface area is 401 Å². The molecule has 0 bridgehead atoms. The van der Waals surface area contributed by atoms with Crippen LogP contribution in [0.25, 0.3) is 0 Å². The minimum Gasteiger partial charge on any atom is -0.289 e. The van der Waals surface area contributed by atoms with Crippen LogP contribution in [-0.2, 0) is 11.8 Å². The van der Waals surface area contributed by atoms with Gasteiger partial charge in [0.25, 0.3) is 11.8 Å². The van der Waals surface area contributed by atoms with E-state index in [4.69, 9.17) is 0 Å². The van der Waals surface area contributed by atoms with Gasteiger partial charge in [-0.25, -0.2) is 17.6 Å². The van der Waals surface area contributed by atoms with E-state index in [1.54, 1.807) is 38.1 Å². The van der Waals surface area contributed by atoms with Crippen LogP contribution in [0.1, 0.15) is 296 Å². The fourth-order valence-corrected chi connectivity index (χ4v) is 13.8. The maximum Gasteiger partial charge on any atom is 0.273 e. The Kier molecular flexibility index (Phi) is 21.5. The van der Waals surface area contributed by atoms with E-state index in [0.29, 0.717) is 11.8 Å². The van der Waals surface area contributed by atoms with Crippen molar-refractivity contribution in [2.75, 3.05) is 0 Å². The number of hydrogen-bond acceptors (Lipinski definition) is 1. The third kappa shape index (κ3) is 14.9. The van der Waals surface area contributed by atoms with Crippen molar-refractivity contribution < 1.29 is 22.4 Å². The number of halogens is 4. The zero-order valence-corrected chi connectivity index (χ0v) is 42.5. The summed E-state index contributed by atoms with van der Waals surface area (Å²) in [6.45, 7) is 8.03. The predicted octanol–water partition coefficient (Wildman–Crippen LogP) is 20.4. The number of rotatable bonds is 26. The molecule has 1 nitrogen and oxygen atoms in total. The molecule has 5 heteroatoms. The largest absolute Gasteiger partial charge is 0.289 e. The molecule has 0 saturated heterocycles. The molecular formula is C61H94F4O. The van der Waals surface area contributed by atoms with Gasteiger partial charge in [-0.1, -0.05) is 180 Å². The summed E-state index contributed by atoms with van der Waals surface area (Å²) in [5.41, 5.74) is 0.964. The molecule has 0 radical (unpaired) electrons. The molecule has 372 valence electrons. The minimum atomic E-state index is -3.24. The van der Waals surface area contributed by atoms with Crippen molar-refractivity contribution in [3.8, 4) is 0 Å². The second-order valence-electron chi connectivity index (χ2n) is 22.7. The average Bonchev–Trinajstić information content (AvgIpc) is 3.33. The first kappa shape index (κ1) is 53.2. The van der Waals surface area contributed by atoms with Crippen LogP contribution >= 0.6 is 0 Å². The number of hydrogen-bond donors (Lipinski definition) is 0. The third-order valence-electron chi connectivity index (χ3n) is 18.0. The Morgan fingerprint density at radius 1 is 0.424 bits per heavy atom. The molecule has 4 saturated carbocycles. The van der Waals surface area contributed by atoms with Crippen LogP contribution in [0.4, 0.5) is 17.6 Å². The van der Waals surface area contributed by atoms with Crippen LogP contribution < -0.4 is 0 Å². The zero-order valence-electron chi connectivity index (χ0n) is 42.5. The third-order valence-corrected chi connectivity index (χ3v) is 18.0. The molecule has 0 spiro atoms. The van der Waals surface area contributed by atoms with Crippen molar-refractivity contribution >= 4 is 5.78 Å². The van der Waals surface area contributed by atoms with E-state index in [0.717, 1.165) is 86.2 Å². The van der Waals surface area contributed by atoms with Crippen LogP contribution in [0.3, 0.4) is 0 Å².